The Balaban J connectivity index is 1.36. The first-order valence-electron chi connectivity index (χ1n) is 8.53. The first kappa shape index (κ1) is 15.8. The summed E-state index contributed by atoms with van der Waals surface area (Å²) in [6, 6.07) is 13.1. The second kappa shape index (κ2) is 7.03. The zero-order chi connectivity index (χ0) is 17.1. The molecule has 1 saturated heterocycles. The fourth-order valence-corrected chi connectivity index (χ4v) is 3.20. The number of hydrogen-bond acceptors (Lipinski definition) is 6. The molecule has 128 valence electrons. The summed E-state index contributed by atoms with van der Waals surface area (Å²) in [7, 11) is 0. The molecule has 2 aromatic heterocycles. The van der Waals surface area contributed by atoms with E-state index in [1.54, 1.807) is 18.3 Å². The zero-order valence-corrected chi connectivity index (χ0v) is 13.9. The van der Waals surface area contributed by atoms with E-state index in [4.69, 9.17) is 4.52 Å². The zero-order valence-electron chi connectivity index (χ0n) is 13.9. The summed E-state index contributed by atoms with van der Waals surface area (Å²) in [5.74, 6) is 1.91. The lowest BCUT2D eigenvalue weighted by Gasteiger charge is -2.30. The van der Waals surface area contributed by atoms with Crippen LogP contribution in [0.15, 0.2) is 53.2 Å². The number of phenolic OH excluding ortho intramolecular Hbond substituents is 1. The van der Waals surface area contributed by atoms with Crippen LogP contribution >= 0.6 is 0 Å². The van der Waals surface area contributed by atoms with Gasteiger partial charge < -0.3 is 9.63 Å². The van der Waals surface area contributed by atoms with E-state index in [1.807, 2.05) is 30.3 Å². The second-order valence-corrected chi connectivity index (χ2v) is 6.39. The van der Waals surface area contributed by atoms with Gasteiger partial charge in [0.05, 0.1) is 0 Å². The highest BCUT2D eigenvalue weighted by molar-refractivity contribution is 5.45. The fraction of sp³-hybridized carbons (Fsp3) is 0.316. The van der Waals surface area contributed by atoms with Gasteiger partial charge in [0.2, 0.25) is 0 Å². The Labute approximate surface area is 146 Å². The predicted molar refractivity (Wildman–Crippen MR) is 92.9 cm³/mol. The molecule has 6 nitrogen and oxygen atoms in total. The van der Waals surface area contributed by atoms with Gasteiger partial charge in [-0.1, -0.05) is 23.4 Å². The third kappa shape index (κ3) is 3.69. The highest BCUT2D eigenvalue weighted by atomic mass is 16.5. The molecule has 0 amide bonds. The van der Waals surface area contributed by atoms with Crippen LogP contribution < -0.4 is 0 Å². The SMILES string of the molecule is Oc1ccc(CN2CCC(c3noc(-c4ccccn4)n3)CC2)cc1. The molecule has 1 fully saturated rings. The molecule has 4 rings (SSSR count). The van der Waals surface area contributed by atoms with Crippen molar-refractivity contribution in [2.24, 2.45) is 0 Å². The van der Waals surface area contributed by atoms with Gasteiger partial charge in [-0.15, -0.1) is 0 Å². The predicted octanol–water partition coefficient (Wildman–Crippen LogP) is 3.22. The van der Waals surface area contributed by atoms with Crippen LogP contribution in [-0.4, -0.2) is 38.2 Å². The molecule has 1 aromatic carbocycles. The second-order valence-electron chi connectivity index (χ2n) is 6.39. The minimum absolute atomic E-state index is 0.309. The highest BCUT2D eigenvalue weighted by Gasteiger charge is 2.25. The third-order valence-electron chi connectivity index (χ3n) is 4.62. The first-order chi connectivity index (χ1) is 12.3. The van der Waals surface area contributed by atoms with Crippen molar-refractivity contribution in [2.45, 2.75) is 25.3 Å². The molecule has 1 aliphatic rings. The summed E-state index contributed by atoms with van der Waals surface area (Å²) in [6.45, 7) is 2.90. The lowest BCUT2D eigenvalue weighted by atomic mass is 9.96. The number of aromatic nitrogens is 3. The Morgan fingerprint density at radius 3 is 2.60 bits per heavy atom. The average Bonchev–Trinajstić information content (AvgIpc) is 3.15. The topological polar surface area (TPSA) is 75.3 Å². The number of rotatable bonds is 4. The minimum atomic E-state index is 0.309. The van der Waals surface area contributed by atoms with Crippen LogP contribution in [0, 0.1) is 0 Å². The van der Waals surface area contributed by atoms with Crippen molar-refractivity contribution in [2.75, 3.05) is 13.1 Å². The Morgan fingerprint density at radius 2 is 1.88 bits per heavy atom. The molecule has 0 aliphatic carbocycles. The van der Waals surface area contributed by atoms with Crippen molar-refractivity contribution in [3.8, 4) is 17.3 Å². The van der Waals surface area contributed by atoms with Gasteiger partial charge in [-0.05, 0) is 55.8 Å². The number of benzene rings is 1. The van der Waals surface area contributed by atoms with Crippen LogP contribution in [-0.2, 0) is 6.54 Å². The summed E-state index contributed by atoms with van der Waals surface area (Å²) in [4.78, 5) is 11.2. The highest BCUT2D eigenvalue weighted by Crippen LogP contribution is 2.28. The van der Waals surface area contributed by atoms with Crippen LogP contribution in [0.4, 0.5) is 0 Å². The van der Waals surface area contributed by atoms with Gasteiger partial charge in [0.25, 0.3) is 5.89 Å². The van der Waals surface area contributed by atoms with Crippen LogP contribution in [0.5, 0.6) is 5.75 Å². The molecule has 6 heteroatoms. The third-order valence-corrected chi connectivity index (χ3v) is 4.62. The maximum atomic E-state index is 9.37. The molecule has 1 N–H and O–H groups in total. The van der Waals surface area contributed by atoms with Crippen molar-refractivity contribution < 1.29 is 9.63 Å². The quantitative estimate of drug-likeness (QED) is 0.788. The summed E-state index contributed by atoms with van der Waals surface area (Å²) in [5.41, 5.74) is 1.93. The van der Waals surface area contributed by atoms with Gasteiger partial charge >= 0.3 is 0 Å². The van der Waals surface area contributed by atoms with Crippen molar-refractivity contribution >= 4 is 0 Å². The maximum Gasteiger partial charge on any atom is 0.276 e. The summed E-state index contributed by atoms with van der Waals surface area (Å²) >= 11 is 0. The smallest absolute Gasteiger partial charge is 0.276 e. The Bertz CT molecular complexity index is 809. The van der Waals surface area contributed by atoms with Gasteiger partial charge in [-0.2, -0.15) is 4.98 Å². The molecular formula is C19H20N4O2. The monoisotopic (exact) mass is 336 g/mol. The van der Waals surface area contributed by atoms with E-state index < -0.39 is 0 Å². The van der Waals surface area contributed by atoms with Crippen LogP contribution in [0.3, 0.4) is 0 Å². The van der Waals surface area contributed by atoms with Gasteiger partial charge in [-0.25, -0.2) is 0 Å². The first-order valence-corrected chi connectivity index (χ1v) is 8.53. The number of aromatic hydroxyl groups is 1. The van der Waals surface area contributed by atoms with E-state index in [-0.39, 0.29) is 0 Å². The Kier molecular flexibility index (Phi) is 4.43. The molecule has 25 heavy (non-hydrogen) atoms. The van der Waals surface area contributed by atoms with E-state index in [9.17, 15) is 5.11 Å². The molecule has 0 saturated carbocycles. The molecule has 0 bridgehead atoms. The van der Waals surface area contributed by atoms with Crippen LogP contribution in [0.2, 0.25) is 0 Å². The Morgan fingerprint density at radius 1 is 1.08 bits per heavy atom. The molecule has 0 radical (unpaired) electrons. The molecule has 0 atom stereocenters. The van der Waals surface area contributed by atoms with Crippen LogP contribution in [0.1, 0.15) is 30.1 Å². The molecule has 3 aromatic rings. The number of phenols is 1. The lowest BCUT2D eigenvalue weighted by Crippen LogP contribution is -2.32. The molecular weight excluding hydrogens is 316 g/mol. The lowest BCUT2D eigenvalue weighted by molar-refractivity contribution is 0.200. The normalized spacial score (nSPS) is 16.2. The van der Waals surface area contributed by atoms with Crippen LogP contribution in [0.25, 0.3) is 11.6 Å². The van der Waals surface area contributed by atoms with E-state index in [2.05, 4.69) is 20.0 Å². The summed E-state index contributed by atoms with van der Waals surface area (Å²) in [6.07, 6.45) is 3.75. The van der Waals surface area contributed by atoms with Crippen molar-refractivity contribution in [3.63, 3.8) is 0 Å². The van der Waals surface area contributed by atoms with E-state index in [0.29, 0.717) is 23.3 Å². The van der Waals surface area contributed by atoms with E-state index in [0.717, 1.165) is 38.3 Å². The summed E-state index contributed by atoms with van der Waals surface area (Å²) < 4.78 is 5.38. The average molecular weight is 336 g/mol. The van der Waals surface area contributed by atoms with Crippen molar-refractivity contribution in [1.82, 2.24) is 20.0 Å². The number of nitrogens with zero attached hydrogens (tertiary/aromatic N) is 4. The van der Waals surface area contributed by atoms with E-state index >= 15 is 0 Å². The Hall–Kier alpha value is -2.73. The standard InChI is InChI=1S/C19H20N4O2/c24-16-6-4-14(5-7-16)13-23-11-8-15(9-12-23)18-21-19(25-22-18)17-3-1-2-10-20-17/h1-7,10,15,24H,8-9,11-13H2. The number of likely N-dealkylation sites (tertiary alicyclic amines) is 1. The maximum absolute atomic E-state index is 9.37. The summed E-state index contributed by atoms with van der Waals surface area (Å²) in [5, 5.41) is 13.5. The number of piperidine rings is 1. The van der Waals surface area contributed by atoms with Crippen molar-refractivity contribution in [3.05, 3.63) is 60.0 Å². The largest absolute Gasteiger partial charge is 0.508 e. The van der Waals surface area contributed by atoms with Gasteiger partial charge in [0.15, 0.2) is 5.82 Å². The van der Waals surface area contributed by atoms with Gasteiger partial charge in [0.1, 0.15) is 11.4 Å². The number of hydrogen-bond donors (Lipinski definition) is 1. The molecule has 0 spiro atoms. The molecule has 3 heterocycles. The molecule has 1 aliphatic heterocycles. The fourth-order valence-electron chi connectivity index (χ4n) is 3.20. The van der Waals surface area contributed by atoms with Crippen molar-refractivity contribution in [1.29, 1.82) is 0 Å². The minimum Gasteiger partial charge on any atom is -0.508 e. The molecule has 0 unspecified atom stereocenters. The number of pyridine rings is 1. The van der Waals surface area contributed by atoms with Gasteiger partial charge in [-0.3, -0.25) is 9.88 Å². The van der Waals surface area contributed by atoms with E-state index in [1.165, 1.54) is 5.56 Å². The van der Waals surface area contributed by atoms with Gasteiger partial charge in [0, 0.05) is 18.7 Å².